The van der Waals surface area contributed by atoms with Crippen LogP contribution in [-0.4, -0.2) is 24.5 Å². The monoisotopic (exact) mass is 299 g/mol. The van der Waals surface area contributed by atoms with Crippen molar-refractivity contribution < 1.29 is 4.74 Å². The van der Waals surface area contributed by atoms with Gasteiger partial charge in [0.25, 0.3) is 0 Å². The normalized spacial score (nSPS) is 12.7. The van der Waals surface area contributed by atoms with Gasteiger partial charge in [-0.2, -0.15) is 0 Å². The number of ether oxygens (including phenoxy) is 1. The predicted molar refractivity (Wildman–Crippen MR) is 77.0 cm³/mol. The smallest absolute Gasteiger partial charge is 0.119 e. The molecule has 0 aliphatic heterocycles. The van der Waals surface area contributed by atoms with Gasteiger partial charge in [-0.15, -0.1) is 0 Å². The summed E-state index contributed by atoms with van der Waals surface area (Å²) in [7, 11) is 0. The number of hydrogen-bond acceptors (Lipinski definition) is 2. The van der Waals surface area contributed by atoms with Crippen LogP contribution >= 0.6 is 15.9 Å². The van der Waals surface area contributed by atoms with Gasteiger partial charge in [-0.3, -0.25) is 0 Å². The Bertz CT molecular complexity index is 290. The van der Waals surface area contributed by atoms with Crippen molar-refractivity contribution in [2.75, 3.05) is 18.5 Å². The topological polar surface area (TPSA) is 21.3 Å². The molecule has 0 spiro atoms. The maximum atomic E-state index is 5.63. The van der Waals surface area contributed by atoms with E-state index in [4.69, 9.17) is 4.74 Å². The van der Waals surface area contributed by atoms with Gasteiger partial charge in [0.05, 0.1) is 6.61 Å². The summed E-state index contributed by atoms with van der Waals surface area (Å²) in [6.45, 7) is 6.24. The summed E-state index contributed by atoms with van der Waals surface area (Å²) in [6, 6.07) is 10.5. The highest BCUT2D eigenvalue weighted by molar-refractivity contribution is 9.09. The van der Waals surface area contributed by atoms with E-state index >= 15 is 0 Å². The lowest BCUT2D eigenvalue weighted by atomic mass is 10.1. The van der Waals surface area contributed by atoms with Crippen LogP contribution < -0.4 is 10.1 Å². The molecule has 0 amide bonds. The third kappa shape index (κ3) is 6.08. The molecule has 3 heteroatoms. The molecule has 1 aromatic carbocycles. The molecule has 0 radical (unpaired) electrons. The van der Waals surface area contributed by atoms with E-state index in [0.717, 1.165) is 30.7 Å². The molecule has 0 saturated heterocycles. The molecule has 0 aromatic heterocycles. The van der Waals surface area contributed by atoms with Crippen molar-refractivity contribution in [2.24, 2.45) is 5.92 Å². The predicted octanol–water partition coefficient (Wildman–Crippen LogP) is 3.46. The van der Waals surface area contributed by atoms with Crippen LogP contribution in [0.5, 0.6) is 5.75 Å². The third-order valence-electron chi connectivity index (χ3n) is 2.71. The van der Waals surface area contributed by atoms with Gasteiger partial charge < -0.3 is 10.1 Å². The molecule has 0 bridgehead atoms. The van der Waals surface area contributed by atoms with E-state index in [1.807, 2.05) is 30.3 Å². The molecular formula is C14H22BrNO. The van der Waals surface area contributed by atoms with Crippen molar-refractivity contribution in [3.05, 3.63) is 30.3 Å². The molecule has 1 N–H and O–H groups in total. The molecule has 1 aromatic rings. The van der Waals surface area contributed by atoms with Gasteiger partial charge in [-0.25, -0.2) is 0 Å². The molecule has 96 valence electrons. The molecule has 1 atom stereocenters. The highest BCUT2D eigenvalue weighted by Crippen LogP contribution is 2.08. The minimum atomic E-state index is 0.548. The Labute approximate surface area is 113 Å². The van der Waals surface area contributed by atoms with Crippen LogP contribution in [0.3, 0.4) is 0 Å². The van der Waals surface area contributed by atoms with Crippen LogP contribution in [0.25, 0.3) is 0 Å². The summed E-state index contributed by atoms with van der Waals surface area (Å²) in [5, 5.41) is 4.53. The Kier molecular flexibility index (Phi) is 7.29. The first-order chi connectivity index (χ1) is 8.24. The van der Waals surface area contributed by atoms with Crippen molar-refractivity contribution in [2.45, 2.75) is 26.3 Å². The van der Waals surface area contributed by atoms with E-state index in [2.05, 4.69) is 35.1 Å². The SMILES string of the molecule is CC(C)C(CBr)NCCCOc1ccccc1. The van der Waals surface area contributed by atoms with Crippen LogP contribution in [-0.2, 0) is 0 Å². The maximum Gasteiger partial charge on any atom is 0.119 e. The van der Waals surface area contributed by atoms with Crippen LogP contribution in [0, 0.1) is 5.92 Å². The molecular weight excluding hydrogens is 278 g/mol. The first-order valence-electron chi connectivity index (χ1n) is 6.21. The second-order valence-corrected chi connectivity index (χ2v) is 5.12. The molecule has 1 rings (SSSR count). The van der Waals surface area contributed by atoms with E-state index in [-0.39, 0.29) is 0 Å². The fourth-order valence-corrected chi connectivity index (χ4v) is 2.51. The Morgan fingerprint density at radius 3 is 2.53 bits per heavy atom. The van der Waals surface area contributed by atoms with Crippen molar-refractivity contribution in [1.82, 2.24) is 5.32 Å². The highest BCUT2D eigenvalue weighted by Gasteiger charge is 2.09. The second kappa shape index (κ2) is 8.54. The van der Waals surface area contributed by atoms with E-state index in [1.54, 1.807) is 0 Å². The number of benzene rings is 1. The van der Waals surface area contributed by atoms with Crippen molar-refractivity contribution in [1.29, 1.82) is 0 Å². The molecule has 0 aliphatic carbocycles. The van der Waals surface area contributed by atoms with Crippen molar-refractivity contribution in [3.8, 4) is 5.75 Å². The average Bonchev–Trinajstić information content (AvgIpc) is 2.34. The lowest BCUT2D eigenvalue weighted by Crippen LogP contribution is -2.36. The molecule has 17 heavy (non-hydrogen) atoms. The third-order valence-corrected chi connectivity index (χ3v) is 3.41. The zero-order chi connectivity index (χ0) is 12.5. The zero-order valence-corrected chi connectivity index (χ0v) is 12.2. The molecule has 1 unspecified atom stereocenters. The molecule has 0 fully saturated rings. The quantitative estimate of drug-likeness (QED) is 0.586. The summed E-state index contributed by atoms with van der Waals surface area (Å²) < 4.78 is 5.63. The molecule has 0 saturated carbocycles. The lowest BCUT2D eigenvalue weighted by molar-refractivity contribution is 0.301. The van der Waals surface area contributed by atoms with Crippen molar-refractivity contribution >= 4 is 15.9 Å². The fourth-order valence-electron chi connectivity index (χ4n) is 1.53. The van der Waals surface area contributed by atoms with Crippen LogP contribution in [0.4, 0.5) is 0 Å². The number of hydrogen-bond donors (Lipinski definition) is 1. The summed E-state index contributed by atoms with van der Waals surface area (Å²) in [5.41, 5.74) is 0. The second-order valence-electron chi connectivity index (χ2n) is 4.47. The largest absolute Gasteiger partial charge is 0.494 e. The maximum absolute atomic E-state index is 5.63. The van der Waals surface area contributed by atoms with Gasteiger partial charge in [-0.05, 0) is 31.0 Å². The van der Waals surface area contributed by atoms with Gasteiger partial charge in [0.1, 0.15) is 5.75 Å². The van der Waals surface area contributed by atoms with Gasteiger partial charge in [0.2, 0.25) is 0 Å². The van der Waals surface area contributed by atoms with E-state index in [1.165, 1.54) is 0 Å². The van der Waals surface area contributed by atoms with Crippen LogP contribution in [0.15, 0.2) is 30.3 Å². The fraction of sp³-hybridized carbons (Fsp3) is 0.571. The summed E-state index contributed by atoms with van der Waals surface area (Å²) in [5.74, 6) is 1.61. The molecule has 0 heterocycles. The van der Waals surface area contributed by atoms with Gasteiger partial charge in [0, 0.05) is 11.4 Å². The number of nitrogens with one attached hydrogen (secondary N) is 1. The first kappa shape index (κ1) is 14.5. The zero-order valence-electron chi connectivity index (χ0n) is 10.7. The Balaban J connectivity index is 2.08. The van der Waals surface area contributed by atoms with E-state index in [0.29, 0.717) is 12.0 Å². The summed E-state index contributed by atoms with van der Waals surface area (Å²) >= 11 is 3.53. The van der Waals surface area contributed by atoms with Gasteiger partial charge in [0.15, 0.2) is 0 Å². The standard InChI is InChI=1S/C14H22BrNO/c1-12(2)14(11-15)16-9-6-10-17-13-7-4-3-5-8-13/h3-5,7-8,12,14,16H,6,9-11H2,1-2H3. The lowest BCUT2D eigenvalue weighted by Gasteiger charge is -2.19. The summed E-state index contributed by atoms with van der Waals surface area (Å²) in [4.78, 5) is 0. The Morgan fingerprint density at radius 2 is 1.94 bits per heavy atom. The van der Waals surface area contributed by atoms with E-state index in [9.17, 15) is 0 Å². The first-order valence-corrected chi connectivity index (χ1v) is 7.33. The summed E-state index contributed by atoms with van der Waals surface area (Å²) in [6.07, 6.45) is 1.03. The average molecular weight is 300 g/mol. The number of halogens is 1. The van der Waals surface area contributed by atoms with Crippen molar-refractivity contribution in [3.63, 3.8) is 0 Å². The molecule has 0 aliphatic rings. The van der Waals surface area contributed by atoms with Crippen LogP contribution in [0.1, 0.15) is 20.3 Å². The molecule has 2 nitrogen and oxygen atoms in total. The number of rotatable bonds is 8. The number of alkyl halides is 1. The van der Waals surface area contributed by atoms with Gasteiger partial charge in [-0.1, -0.05) is 48.0 Å². The number of para-hydroxylation sites is 1. The van der Waals surface area contributed by atoms with Crippen LogP contribution in [0.2, 0.25) is 0 Å². The van der Waals surface area contributed by atoms with Gasteiger partial charge >= 0.3 is 0 Å². The minimum absolute atomic E-state index is 0.548. The highest BCUT2D eigenvalue weighted by atomic mass is 79.9. The Morgan fingerprint density at radius 1 is 1.24 bits per heavy atom. The Hall–Kier alpha value is -0.540. The van der Waals surface area contributed by atoms with E-state index < -0.39 is 0 Å². The minimum Gasteiger partial charge on any atom is -0.494 e.